The molecule has 30 heavy (non-hydrogen) atoms. The van der Waals surface area contributed by atoms with Crippen LogP contribution in [0.5, 0.6) is 0 Å². The first-order chi connectivity index (χ1) is 13.9. The minimum absolute atomic E-state index is 0.0245. The Hall–Kier alpha value is -1.45. The highest BCUT2D eigenvalue weighted by Crippen LogP contribution is 2.71. The monoisotopic (exact) mass is 414 g/mol. The van der Waals surface area contributed by atoms with Crippen LogP contribution in [0.25, 0.3) is 0 Å². The zero-order valence-electron chi connectivity index (χ0n) is 19.7. The van der Waals surface area contributed by atoms with Crippen molar-refractivity contribution in [1.82, 2.24) is 0 Å². The van der Waals surface area contributed by atoms with Crippen molar-refractivity contribution in [2.75, 3.05) is 6.61 Å². The third-order valence-electron chi connectivity index (χ3n) is 10.3. The van der Waals surface area contributed by atoms with Gasteiger partial charge in [-0.1, -0.05) is 45.8 Å². The molecule has 0 saturated heterocycles. The summed E-state index contributed by atoms with van der Waals surface area (Å²) in [5, 5.41) is 0. The normalized spacial score (nSPS) is 42.3. The van der Waals surface area contributed by atoms with Crippen molar-refractivity contribution in [1.29, 1.82) is 0 Å². The lowest BCUT2D eigenvalue weighted by Gasteiger charge is -2.60. The smallest absolute Gasteiger partial charge is 0.303 e. The first-order valence-corrected chi connectivity index (χ1v) is 11.8. The van der Waals surface area contributed by atoms with Gasteiger partial charge in [-0.2, -0.15) is 0 Å². The zero-order valence-corrected chi connectivity index (χ0v) is 19.7. The standard InChI is InChI=1S/C26H38O4/c1-16(27)30-15-20(28)19-10-14-25(5)18-7-8-21-23(2,3)22(29)11-12-24(21,4)17(18)9-13-26(19,25)6/h19,21H,7-15H2,1-6H3/t19-,21+,24+,25+,26+/m0/s1. The quantitative estimate of drug-likeness (QED) is 0.456. The van der Waals surface area contributed by atoms with E-state index in [0.717, 1.165) is 44.9 Å². The number of hydrogen-bond donors (Lipinski definition) is 0. The Kier molecular flexibility index (Phi) is 4.91. The molecule has 0 N–H and O–H groups in total. The molecule has 4 aliphatic rings. The van der Waals surface area contributed by atoms with Gasteiger partial charge in [0.1, 0.15) is 12.4 Å². The molecule has 4 rings (SSSR count). The molecule has 0 unspecified atom stereocenters. The second-order valence-electron chi connectivity index (χ2n) is 11.7. The van der Waals surface area contributed by atoms with Crippen LogP contribution in [0.15, 0.2) is 11.1 Å². The van der Waals surface area contributed by atoms with Crippen LogP contribution in [0.2, 0.25) is 0 Å². The fourth-order valence-electron chi connectivity index (χ4n) is 8.27. The molecule has 0 spiro atoms. The SMILES string of the molecule is CC(=O)OCC(=O)[C@@H]1CC[C@]2(C)C3=C(CC[C@]12C)[C@@]1(C)CCC(=O)C(C)(C)[C@H]1CC3. The maximum Gasteiger partial charge on any atom is 0.303 e. The van der Waals surface area contributed by atoms with E-state index in [0.29, 0.717) is 18.1 Å². The minimum Gasteiger partial charge on any atom is -0.458 e. The van der Waals surface area contributed by atoms with Gasteiger partial charge in [-0.3, -0.25) is 14.4 Å². The topological polar surface area (TPSA) is 60.4 Å². The van der Waals surface area contributed by atoms with Crippen molar-refractivity contribution < 1.29 is 19.1 Å². The van der Waals surface area contributed by atoms with Gasteiger partial charge in [-0.25, -0.2) is 0 Å². The number of ether oxygens (including phenoxy) is 1. The highest BCUT2D eigenvalue weighted by atomic mass is 16.5. The lowest BCUT2D eigenvalue weighted by Crippen LogP contribution is -2.54. The van der Waals surface area contributed by atoms with Crippen molar-refractivity contribution in [2.24, 2.45) is 33.5 Å². The second kappa shape index (κ2) is 6.77. The highest BCUT2D eigenvalue weighted by Gasteiger charge is 2.63. The maximum atomic E-state index is 13.0. The number of carbonyl (C=O) groups is 3. The highest BCUT2D eigenvalue weighted by molar-refractivity contribution is 5.86. The fourth-order valence-corrected chi connectivity index (χ4v) is 8.27. The summed E-state index contributed by atoms with van der Waals surface area (Å²) in [6.07, 6.45) is 7.76. The third-order valence-corrected chi connectivity index (χ3v) is 10.3. The van der Waals surface area contributed by atoms with Crippen molar-refractivity contribution in [3.8, 4) is 0 Å². The van der Waals surface area contributed by atoms with E-state index in [-0.39, 0.29) is 45.9 Å². The average Bonchev–Trinajstić information content (AvgIpc) is 2.95. The van der Waals surface area contributed by atoms with Crippen molar-refractivity contribution in [3.63, 3.8) is 0 Å². The fraction of sp³-hybridized carbons (Fsp3) is 0.808. The average molecular weight is 415 g/mol. The first-order valence-electron chi connectivity index (χ1n) is 11.8. The van der Waals surface area contributed by atoms with Gasteiger partial charge in [0.25, 0.3) is 0 Å². The number of carbonyl (C=O) groups excluding carboxylic acids is 3. The number of esters is 1. The van der Waals surface area contributed by atoms with Crippen molar-refractivity contribution in [3.05, 3.63) is 11.1 Å². The van der Waals surface area contributed by atoms with E-state index in [1.807, 2.05) is 0 Å². The van der Waals surface area contributed by atoms with E-state index in [1.165, 1.54) is 6.92 Å². The summed E-state index contributed by atoms with van der Waals surface area (Å²) in [6, 6.07) is 0. The van der Waals surface area contributed by atoms with Gasteiger partial charge in [-0.05, 0) is 67.1 Å². The number of ketones is 2. The van der Waals surface area contributed by atoms with Crippen LogP contribution >= 0.6 is 0 Å². The molecule has 0 radical (unpaired) electrons. The van der Waals surface area contributed by atoms with Gasteiger partial charge in [0.05, 0.1) is 0 Å². The molecule has 0 aromatic rings. The van der Waals surface area contributed by atoms with Crippen LogP contribution in [0.1, 0.15) is 92.9 Å². The number of allylic oxidation sites excluding steroid dienone is 2. The summed E-state index contributed by atoms with van der Waals surface area (Å²) >= 11 is 0. The van der Waals surface area contributed by atoms with E-state index >= 15 is 0 Å². The lowest BCUT2D eigenvalue weighted by molar-refractivity contribution is -0.148. The molecule has 0 aromatic heterocycles. The second-order valence-corrected chi connectivity index (χ2v) is 11.7. The molecule has 166 valence electrons. The molecule has 4 heteroatoms. The molecule has 5 atom stereocenters. The molecule has 4 nitrogen and oxygen atoms in total. The van der Waals surface area contributed by atoms with E-state index in [1.54, 1.807) is 11.1 Å². The Morgan fingerprint density at radius 1 is 0.933 bits per heavy atom. The molecule has 4 aliphatic carbocycles. The number of hydrogen-bond acceptors (Lipinski definition) is 4. The van der Waals surface area contributed by atoms with Gasteiger partial charge in [0.2, 0.25) is 0 Å². The predicted molar refractivity (Wildman–Crippen MR) is 116 cm³/mol. The van der Waals surface area contributed by atoms with Crippen LogP contribution in [0.4, 0.5) is 0 Å². The molecular weight excluding hydrogens is 376 g/mol. The Bertz CT molecular complexity index is 836. The van der Waals surface area contributed by atoms with Crippen LogP contribution < -0.4 is 0 Å². The van der Waals surface area contributed by atoms with Gasteiger partial charge >= 0.3 is 5.97 Å². The minimum atomic E-state index is -0.386. The van der Waals surface area contributed by atoms with E-state index < -0.39 is 0 Å². The molecule has 0 aliphatic heterocycles. The van der Waals surface area contributed by atoms with E-state index in [9.17, 15) is 14.4 Å². The predicted octanol–water partition coefficient (Wildman–Crippen LogP) is 5.44. The summed E-state index contributed by atoms with van der Waals surface area (Å²) in [4.78, 5) is 36.9. The summed E-state index contributed by atoms with van der Waals surface area (Å²) in [5.41, 5.74) is 3.03. The number of fused-ring (bicyclic) bond motifs is 4. The maximum absolute atomic E-state index is 13.0. The number of Topliss-reactive ketones (excluding diaryl/α,β-unsaturated/α-hetero) is 2. The van der Waals surface area contributed by atoms with Crippen LogP contribution in [-0.4, -0.2) is 24.1 Å². The van der Waals surface area contributed by atoms with Crippen molar-refractivity contribution >= 4 is 17.5 Å². The summed E-state index contributed by atoms with van der Waals surface area (Å²) in [7, 11) is 0. The molecule has 0 aromatic carbocycles. The van der Waals surface area contributed by atoms with Gasteiger partial charge in [0, 0.05) is 24.7 Å². The molecule has 2 fully saturated rings. The van der Waals surface area contributed by atoms with Gasteiger partial charge < -0.3 is 4.74 Å². The molecule has 0 heterocycles. The van der Waals surface area contributed by atoms with Gasteiger partial charge in [0.15, 0.2) is 5.78 Å². The van der Waals surface area contributed by atoms with Crippen LogP contribution in [0, 0.1) is 33.5 Å². The third kappa shape index (κ3) is 2.74. The summed E-state index contributed by atoms with van der Waals surface area (Å²) in [5.74, 6) is 0.512. The Morgan fingerprint density at radius 2 is 1.63 bits per heavy atom. The molecular formula is C26H38O4. The summed E-state index contributed by atoms with van der Waals surface area (Å²) in [6.45, 7) is 12.7. The molecule has 0 bridgehead atoms. The van der Waals surface area contributed by atoms with E-state index in [4.69, 9.17) is 4.74 Å². The van der Waals surface area contributed by atoms with Crippen molar-refractivity contribution in [2.45, 2.75) is 92.9 Å². The Morgan fingerprint density at radius 3 is 2.30 bits per heavy atom. The first kappa shape index (κ1) is 21.8. The van der Waals surface area contributed by atoms with E-state index in [2.05, 4.69) is 34.6 Å². The Balaban J connectivity index is 1.70. The molecule has 2 saturated carbocycles. The summed E-state index contributed by atoms with van der Waals surface area (Å²) < 4.78 is 5.07. The largest absolute Gasteiger partial charge is 0.458 e. The lowest BCUT2D eigenvalue weighted by atomic mass is 9.43. The Labute approximate surface area is 181 Å². The molecule has 0 amide bonds. The zero-order chi connectivity index (χ0) is 22.1. The van der Waals surface area contributed by atoms with Gasteiger partial charge in [-0.15, -0.1) is 0 Å². The number of rotatable bonds is 3. The van der Waals surface area contributed by atoms with Crippen LogP contribution in [-0.2, 0) is 19.1 Å². The van der Waals surface area contributed by atoms with Crippen LogP contribution in [0.3, 0.4) is 0 Å².